The third-order valence-electron chi connectivity index (χ3n) is 4.77. The zero-order chi connectivity index (χ0) is 18.7. The van der Waals surface area contributed by atoms with Gasteiger partial charge in [0.2, 0.25) is 0 Å². The standard InChI is InChI=1S/C20H21NO4S/c1-13(22)17-9-12-26-19(17)20(24)21-10-7-15(8-11-21)18(23)14-3-5-16(25-2)6-4-14/h3-6,9,12,15H,7-8,10-11H2,1-2H3. The van der Waals surface area contributed by atoms with Gasteiger partial charge >= 0.3 is 0 Å². The molecule has 136 valence electrons. The molecule has 0 unspecified atom stereocenters. The number of benzene rings is 1. The fourth-order valence-corrected chi connectivity index (χ4v) is 4.14. The second-order valence-corrected chi connectivity index (χ2v) is 7.29. The van der Waals surface area contributed by atoms with E-state index in [0.717, 1.165) is 5.75 Å². The lowest BCUT2D eigenvalue weighted by atomic mass is 9.88. The molecule has 2 heterocycles. The summed E-state index contributed by atoms with van der Waals surface area (Å²) in [6, 6.07) is 8.82. The highest BCUT2D eigenvalue weighted by Crippen LogP contribution is 2.26. The molecule has 3 rings (SSSR count). The van der Waals surface area contributed by atoms with Gasteiger partial charge in [0.1, 0.15) is 10.6 Å². The van der Waals surface area contributed by atoms with E-state index < -0.39 is 0 Å². The van der Waals surface area contributed by atoms with Gasteiger partial charge in [-0.3, -0.25) is 14.4 Å². The van der Waals surface area contributed by atoms with E-state index in [1.54, 1.807) is 47.7 Å². The second-order valence-electron chi connectivity index (χ2n) is 6.38. The normalized spacial score (nSPS) is 14.9. The van der Waals surface area contributed by atoms with Crippen molar-refractivity contribution in [3.8, 4) is 5.75 Å². The average Bonchev–Trinajstić information content (AvgIpc) is 3.17. The Morgan fingerprint density at radius 3 is 2.31 bits per heavy atom. The Kier molecular flexibility index (Phi) is 5.52. The summed E-state index contributed by atoms with van der Waals surface area (Å²) in [6.45, 7) is 2.53. The fourth-order valence-electron chi connectivity index (χ4n) is 3.23. The molecule has 1 aromatic carbocycles. The summed E-state index contributed by atoms with van der Waals surface area (Å²) in [5.74, 6) is 0.544. The minimum absolute atomic E-state index is 0.0805. The summed E-state index contributed by atoms with van der Waals surface area (Å²) in [4.78, 5) is 39.2. The lowest BCUT2D eigenvalue weighted by molar-refractivity contribution is 0.0652. The zero-order valence-corrected chi connectivity index (χ0v) is 15.7. The van der Waals surface area contributed by atoms with Crippen LogP contribution in [0.4, 0.5) is 0 Å². The smallest absolute Gasteiger partial charge is 0.264 e. The molecule has 1 aliphatic rings. The summed E-state index contributed by atoms with van der Waals surface area (Å²) in [5.41, 5.74) is 1.16. The molecule has 6 heteroatoms. The van der Waals surface area contributed by atoms with Gasteiger partial charge in [-0.25, -0.2) is 0 Å². The molecule has 26 heavy (non-hydrogen) atoms. The van der Waals surface area contributed by atoms with Crippen LogP contribution in [0.3, 0.4) is 0 Å². The zero-order valence-electron chi connectivity index (χ0n) is 14.9. The largest absolute Gasteiger partial charge is 0.497 e. The molecule has 0 radical (unpaired) electrons. The van der Waals surface area contributed by atoms with E-state index in [4.69, 9.17) is 4.74 Å². The van der Waals surface area contributed by atoms with Gasteiger partial charge in [-0.05, 0) is 55.5 Å². The molecule has 1 fully saturated rings. The van der Waals surface area contributed by atoms with Gasteiger partial charge in [0.05, 0.1) is 7.11 Å². The maximum Gasteiger partial charge on any atom is 0.264 e. The molecule has 0 N–H and O–H groups in total. The van der Waals surface area contributed by atoms with E-state index in [9.17, 15) is 14.4 Å². The van der Waals surface area contributed by atoms with Crippen molar-refractivity contribution in [3.05, 3.63) is 51.7 Å². The van der Waals surface area contributed by atoms with Crippen molar-refractivity contribution in [1.29, 1.82) is 0 Å². The number of hydrogen-bond donors (Lipinski definition) is 0. The van der Waals surface area contributed by atoms with Crippen LogP contribution in [0.15, 0.2) is 35.7 Å². The number of ketones is 2. The molecule has 1 saturated heterocycles. The van der Waals surface area contributed by atoms with Crippen LogP contribution in [0, 0.1) is 5.92 Å². The molecule has 1 aromatic heterocycles. The molecule has 0 atom stereocenters. The Morgan fingerprint density at radius 1 is 1.08 bits per heavy atom. The Labute approximate surface area is 156 Å². The predicted octanol–water partition coefficient (Wildman–Crippen LogP) is 3.69. The van der Waals surface area contributed by atoms with Gasteiger partial charge in [0.25, 0.3) is 5.91 Å². The molecule has 1 aliphatic heterocycles. The average molecular weight is 371 g/mol. The Morgan fingerprint density at radius 2 is 1.73 bits per heavy atom. The van der Waals surface area contributed by atoms with Crippen LogP contribution in [0.25, 0.3) is 0 Å². The summed E-state index contributed by atoms with van der Waals surface area (Å²) in [5, 5.41) is 1.77. The third kappa shape index (κ3) is 3.70. The summed E-state index contributed by atoms with van der Waals surface area (Å²) < 4.78 is 5.12. The summed E-state index contributed by atoms with van der Waals surface area (Å²) >= 11 is 1.30. The topological polar surface area (TPSA) is 63.7 Å². The van der Waals surface area contributed by atoms with Crippen LogP contribution >= 0.6 is 11.3 Å². The predicted molar refractivity (Wildman–Crippen MR) is 100 cm³/mol. The molecule has 1 amide bonds. The van der Waals surface area contributed by atoms with Crippen molar-refractivity contribution >= 4 is 28.8 Å². The van der Waals surface area contributed by atoms with Crippen molar-refractivity contribution < 1.29 is 19.1 Å². The number of nitrogens with zero attached hydrogens (tertiary/aromatic N) is 1. The van der Waals surface area contributed by atoms with Gasteiger partial charge in [-0.15, -0.1) is 11.3 Å². The number of piperidine rings is 1. The number of thiophene rings is 1. The van der Waals surface area contributed by atoms with E-state index in [1.807, 2.05) is 0 Å². The maximum absolute atomic E-state index is 12.7. The van der Waals surface area contributed by atoms with Crippen molar-refractivity contribution in [1.82, 2.24) is 4.90 Å². The highest BCUT2D eigenvalue weighted by atomic mass is 32.1. The van der Waals surface area contributed by atoms with Gasteiger partial charge in [0.15, 0.2) is 11.6 Å². The van der Waals surface area contributed by atoms with Crippen LogP contribution in [-0.4, -0.2) is 42.6 Å². The maximum atomic E-state index is 12.7. The molecule has 0 bridgehead atoms. The first-order valence-electron chi connectivity index (χ1n) is 8.57. The van der Waals surface area contributed by atoms with Crippen LogP contribution < -0.4 is 4.74 Å². The molecular weight excluding hydrogens is 350 g/mol. The number of carbonyl (C=O) groups is 3. The van der Waals surface area contributed by atoms with Gasteiger partial charge in [-0.1, -0.05) is 0 Å². The lowest BCUT2D eigenvalue weighted by Gasteiger charge is -2.31. The third-order valence-corrected chi connectivity index (χ3v) is 5.67. The van der Waals surface area contributed by atoms with Crippen molar-refractivity contribution in [2.45, 2.75) is 19.8 Å². The molecular formula is C20H21NO4S. The van der Waals surface area contributed by atoms with E-state index in [2.05, 4.69) is 0 Å². The highest BCUT2D eigenvalue weighted by Gasteiger charge is 2.30. The van der Waals surface area contributed by atoms with Crippen LogP contribution in [0.5, 0.6) is 5.75 Å². The van der Waals surface area contributed by atoms with Crippen molar-refractivity contribution in [2.24, 2.45) is 5.92 Å². The number of ether oxygens (including phenoxy) is 1. The van der Waals surface area contributed by atoms with E-state index in [1.165, 1.54) is 18.3 Å². The Hall–Kier alpha value is -2.47. The molecule has 2 aromatic rings. The minimum Gasteiger partial charge on any atom is -0.497 e. The first-order chi connectivity index (χ1) is 12.5. The molecule has 0 spiro atoms. The van der Waals surface area contributed by atoms with Gasteiger partial charge < -0.3 is 9.64 Å². The van der Waals surface area contributed by atoms with E-state index in [-0.39, 0.29) is 23.4 Å². The lowest BCUT2D eigenvalue weighted by Crippen LogP contribution is -2.40. The van der Waals surface area contributed by atoms with E-state index in [0.29, 0.717) is 41.9 Å². The Balaban J connectivity index is 1.63. The molecule has 0 saturated carbocycles. The number of carbonyl (C=O) groups excluding carboxylic acids is 3. The summed E-state index contributed by atoms with van der Waals surface area (Å²) in [7, 11) is 1.59. The van der Waals surface area contributed by atoms with Gasteiger partial charge in [0, 0.05) is 30.1 Å². The summed E-state index contributed by atoms with van der Waals surface area (Å²) in [6.07, 6.45) is 1.27. The molecule has 5 nitrogen and oxygen atoms in total. The number of hydrogen-bond acceptors (Lipinski definition) is 5. The first-order valence-corrected chi connectivity index (χ1v) is 9.45. The van der Waals surface area contributed by atoms with Crippen molar-refractivity contribution in [3.63, 3.8) is 0 Å². The fraction of sp³-hybridized carbons (Fsp3) is 0.350. The SMILES string of the molecule is COc1ccc(C(=O)C2CCN(C(=O)c3sccc3C(C)=O)CC2)cc1. The van der Waals surface area contributed by atoms with Crippen LogP contribution in [0.1, 0.15) is 50.2 Å². The van der Waals surface area contributed by atoms with Crippen LogP contribution in [0.2, 0.25) is 0 Å². The quantitative estimate of drug-likeness (QED) is 0.752. The number of Topliss-reactive ketones (excluding diaryl/α,β-unsaturated/α-hetero) is 2. The number of amides is 1. The van der Waals surface area contributed by atoms with Crippen LogP contribution in [-0.2, 0) is 0 Å². The number of rotatable bonds is 5. The highest BCUT2D eigenvalue weighted by molar-refractivity contribution is 7.12. The van der Waals surface area contributed by atoms with Gasteiger partial charge in [-0.2, -0.15) is 0 Å². The Bertz CT molecular complexity index is 817. The number of methoxy groups -OCH3 is 1. The first kappa shape index (κ1) is 18.3. The number of likely N-dealkylation sites (tertiary alicyclic amines) is 1. The molecule has 0 aliphatic carbocycles. The second kappa shape index (κ2) is 7.83. The minimum atomic E-state index is -0.111. The van der Waals surface area contributed by atoms with Crippen molar-refractivity contribution in [2.75, 3.05) is 20.2 Å². The monoisotopic (exact) mass is 371 g/mol. The van der Waals surface area contributed by atoms with E-state index >= 15 is 0 Å².